The molecule has 0 aromatic rings. The van der Waals surface area contributed by atoms with Crippen molar-refractivity contribution in [2.75, 3.05) is 19.8 Å². The molecule has 1 unspecified atom stereocenters. The summed E-state index contributed by atoms with van der Waals surface area (Å²) in [6.07, 6.45) is 0. The molecule has 0 radical (unpaired) electrons. The van der Waals surface area contributed by atoms with Crippen LogP contribution in [0.5, 0.6) is 0 Å². The first kappa shape index (κ1) is 13.4. The smallest absolute Gasteiger partial charge is 0.322 e. The Bertz CT molecular complexity index is 232. The van der Waals surface area contributed by atoms with Gasteiger partial charge in [-0.1, -0.05) is 0 Å². The fraction of sp³-hybridized carbons (Fsp3) is 0.909. The quantitative estimate of drug-likeness (QED) is 0.721. The standard InChI is InChI=1S/C11H21NO4/c1-5-14-10(13)8(2)12-9-6-15-11(3,4)16-7-9/h8-9,12H,5-7H2,1-4H3. The van der Waals surface area contributed by atoms with Gasteiger partial charge in [0, 0.05) is 0 Å². The molecule has 5 heteroatoms. The number of hydrogen-bond acceptors (Lipinski definition) is 5. The van der Waals surface area contributed by atoms with Crippen molar-refractivity contribution < 1.29 is 19.0 Å². The second kappa shape index (κ2) is 5.61. The van der Waals surface area contributed by atoms with Gasteiger partial charge in [0.15, 0.2) is 5.79 Å². The Balaban J connectivity index is 2.30. The van der Waals surface area contributed by atoms with Gasteiger partial charge < -0.3 is 14.2 Å². The number of carbonyl (C=O) groups is 1. The average molecular weight is 231 g/mol. The van der Waals surface area contributed by atoms with E-state index in [-0.39, 0.29) is 18.1 Å². The number of carbonyl (C=O) groups excluding carboxylic acids is 1. The zero-order valence-electron chi connectivity index (χ0n) is 10.4. The SMILES string of the molecule is CCOC(=O)C(C)NC1COC(C)(C)OC1. The highest BCUT2D eigenvalue weighted by molar-refractivity contribution is 5.75. The van der Waals surface area contributed by atoms with Gasteiger partial charge in [-0.25, -0.2) is 0 Å². The molecule has 0 bridgehead atoms. The predicted molar refractivity (Wildman–Crippen MR) is 59.0 cm³/mol. The van der Waals surface area contributed by atoms with Crippen LogP contribution in [0.2, 0.25) is 0 Å². The molecule has 5 nitrogen and oxygen atoms in total. The minimum absolute atomic E-state index is 0.0347. The third-order valence-corrected chi connectivity index (χ3v) is 2.39. The Morgan fingerprint density at radius 1 is 1.50 bits per heavy atom. The fourth-order valence-corrected chi connectivity index (χ4v) is 1.48. The first-order valence-electron chi connectivity index (χ1n) is 5.65. The summed E-state index contributed by atoms with van der Waals surface area (Å²) in [5, 5.41) is 3.12. The van der Waals surface area contributed by atoms with Crippen LogP contribution in [0.25, 0.3) is 0 Å². The normalized spacial score (nSPS) is 22.8. The zero-order valence-corrected chi connectivity index (χ0v) is 10.4. The lowest BCUT2D eigenvalue weighted by Gasteiger charge is -2.36. The number of ether oxygens (including phenoxy) is 3. The molecule has 0 amide bonds. The van der Waals surface area contributed by atoms with Crippen molar-refractivity contribution in [1.29, 1.82) is 0 Å². The van der Waals surface area contributed by atoms with Gasteiger partial charge in [-0.2, -0.15) is 0 Å². The van der Waals surface area contributed by atoms with Crippen LogP contribution in [0.3, 0.4) is 0 Å². The molecule has 0 aliphatic carbocycles. The lowest BCUT2D eigenvalue weighted by molar-refractivity contribution is -0.253. The van der Waals surface area contributed by atoms with E-state index in [1.807, 2.05) is 13.8 Å². The highest BCUT2D eigenvalue weighted by Gasteiger charge is 2.29. The summed E-state index contributed by atoms with van der Waals surface area (Å²) in [6.45, 7) is 8.79. The lowest BCUT2D eigenvalue weighted by atomic mass is 10.2. The molecule has 16 heavy (non-hydrogen) atoms. The van der Waals surface area contributed by atoms with Gasteiger partial charge in [0.05, 0.1) is 25.9 Å². The number of rotatable bonds is 4. The van der Waals surface area contributed by atoms with Crippen molar-refractivity contribution >= 4 is 5.97 Å². The minimum atomic E-state index is -0.522. The van der Waals surface area contributed by atoms with Crippen molar-refractivity contribution in [3.8, 4) is 0 Å². The van der Waals surface area contributed by atoms with Crippen molar-refractivity contribution in [3.05, 3.63) is 0 Å². The minimum Gasteiger partial charge on any atom is -0.465 e. The highest BCUT2D eigenvalue weighted by atomic mass is 16.7. The number of hydrogen-bond donors (Lipinski definition) is 1. The van der Waals surface area contributed by atoms with Crippen LogP contribution in [-0.2, 0) is 19.0 Å². The van der Waals surface area contributed by atoms with E-state index in [2.05, 4.69) is 5.32 Å². The molecule has 0 saturated carbocycles. The molecule has 1 aliphatic heterocycles. The largest absolute Gasteiger partial charge is 0.465 e. The molecule has 1 aliphatic rings. The van der Waals surface area contributed by atoms with Crippen molar-refractivity contribution in [2.45, 2.75) is 45.6 Å². The van der Waals surface area contributed by atoms with Gasteiger partial charge in [0.25, 0.3) is 0 Å². The summed E-state index contributed by atoms with van der Waals surface area (Å²) < 4.78 is 15.9. The monoisotopic (exact) mass is 231 g/mol. The van der Waals surface area contributed by atoms with Crippen LogP contribution < -0.4 is 5.32 Å². The summed E-state index contributed by atoms with van der Waals surface area (Å²) in [4.78, 5) is 11.4. The van der Waals surface area contributed by atoms with Gasteiger partial charge >= 0.3 is 5.97 Å². The molecule has 1 heterocycles. The predicted octanol–water partition coefficient (Wildman–Crippen LogP) is 0.679. The van der Waals surface area contributed by atoms with Gasteiger partial charge in [0.1, 0.15) is 6.04 Å². The van der Waals surface area contributed by atoms with E-state index < -0.39 is 5.79 Å². The third kappa shape index (κ3) is 4.08. The maximum atomic E-state index is 11.4. The third-order valence-electron chi connectivity index (χ3n) is 2.39. The molecule has 0 aromatic heterocycles. The molecule has 1 fully saturated rings. The Hall–Kier alpha value is -0.650. The summed E-state index contributed by atoms with van der Waals surface area (Å²) in [7, 11) is 0. The molecule has 0 aromatic carbocycles. The van der Waals surface area contributed by atoms with Crippen molar-refractivity contribution in [1.82, 2.24) is 5.32 Å². The lowest BCUT2D eigenvalue weighted by Crippen LogP contribution is -2.52. The molecule has 1 N–H and O–H groups in total. The molecule has 1 atom stereocenters. The van der Waals surface area contributed by atoms with E-state index in [1.54, 1.807) is 13.8 Å². The topological polar surface area (TPSA) is 56.8 Å². The van der Waals surface area contributed by atoms with Crippen LogP contribution in [0.15, 0.2) is 0 Å². The van der Waals surface area contributed by atoms with E-state index in [9.17, 15) is 4.79 Å². The van der Waals surface area contributed by atoms with Crippen molar-refractivity contribution in [3.63, 3.8) is 0 Å². The summed E-state index contributed by atoms with van der Waals surface area (Å²) in [5.74, 6) is -0.766. The summed E-state index contributed by atoms with van der Waals surface area (Å²) >= 11 is 0. The Morgan fingerprint density at radius 3 is 2.56 bits per heavy atom. The van der Waals surface area contributed by atoms with E-state index in [1.165, 1.54) is 0 Å². The van der Waals surface area contributed by atoms with E-state index in [0.717, 1.165) is 0 Å². The van der Waals surface area contributed by atoms with Crippen LogP contribution in [0, 0.1) is 0 Å². The molecule has 94 valence electrons. The van der Waals surface area contributed by atoms with Gasteiger partial charge in [0.2, 0.25) is 0 Å². The van der Waals surface area contributed by atoms with Gasteiger partial charge in [-0.15, -0.1) is 0 Å². The number of esters is 1. The average Bonchev–Trinajstić information content (AvgIpc) is 2.21. The summed E-state index contributed by atoms with van der Waals surface area (Å²) in [5.41, 5.74) is 0. The van der Waals surface area contributed by atoms with Gasteiger partial charge in [-0.05, 0) is 27.7 Å². The molecule has 1 rings (SSSR count). The Morgan fingerprint density at radius 2 is 2.06 bits per heavy atom. The fourth-order valence-electron chi connectivity index (χ4n) is 1.48. The molecular formula is C11H21NO4. The van der Waals surface area contributed by atoms with E-state index in [4.69, 9.17) is 14.2 Å². The first-order chi connectivity index (χ1) is 7.44. The van der Waals surface area contributed by atoms with Crippen molar-refractivity contribution in [2.24, 2.45) is 0 Å². The van der Waals surface area contributed by atoms with Crippen LogP contribution in [-0.4, -0.2) is 43.7 Å². The Kier molecular flexibility index (Phi) is 4.70. The van der Waals surface area contributed by atoms with Crippen LogP contribution in [0.1, 0.15) is 27.7 Å². The van der Waals surface area contributed by atoms with E-state index in [0.29, 0.717) is 19.8 Å². The summed E-state index contributed by atoms with van der Waals surface area (Å²) in [6, 6.07) is -0.300. The second-order valence-corrected chi connectivity index (χ2v) is 4.36. The molecule has 1 saturated heterocycles. The second-order valence-electron chi connectivity index (χ2n) is 4.36. The van der Waals surface area contributed by atoms with Crippen LogP contribution >= 0.6 is 0 Å². The first-order valence-corrected chi connectivity index (χ1v) is 5.65. The van der Waals surface area contributed by atoms with Gasteiger partial charge in [-0.3, -0.25) is 10.1 Å². The highest BCUT2D eigenvalue weighted by Crippen LogP contribution is 2.17. The Labute approximate surface area is 96.4 Å². The van der Waals surface area contributed by atoms with Crippen LogP contribution in [0.4, 0.5) is 0 Å². The zero-order chi connectivity index (χ0) is 12.2. The molecule has 0 spiro atoms. The number of nitrogens with one attached hydrogen (secondary N) is 1. The maximum absolute atomic E-state index is 11.4. The van der Waals surface area contributed by atoms with E-state index >= 15 is 0 Å². The maximum Gasteiger partial charge on any atom is 0.322 e. The molecular weight excluding hydrogens is 210 g/mol.